The summed E-state index contributed by atoms with van der Waals surface area (Å²) in [4.78, 5) is 8.59. The highest BCUT2D eigenvalue weighted by Gasteiger charge is 1.94. The van der Waals surface area contributed by atoms with E-state index in [9.17, 15) is 0 Å². The minimum absolute atomic E-state index is 0.821. The average molecular weight is 513 g/mol. The lowest BCUT2D eigenvalue weighted by atomic mass is 10.3. The molecule has 4 aromatic rings. The minimum Gasteiger partial charge on any atom is -0.497 e. The summed E-state index contributed by atoms with van der Waals surface area (Å²) < 4.78 is 20.4. The average Bonchev–Trinajstić information content (AvgIpc) is 2.99. The van der Waals surface area contributed by atoms with Crippen molar-refractivity contribution in [2.75, 3.05) is 39.1 Å². The van der Waals surface area contributed by atoms with E-state index < -0.39 is 0 Å². The first-order valence-electron chi connectivity index (χ1n) is 11.8. The number of methoxy groups -OCH3 is 4. The molecule has 0 fully saturated rings. The van der Waals surface area contributed by atoms with Crippen LogP contribution in [0, 0.1) is 0 Å². The van der Waals surface area contributed by atoms with E-state index in [1.54, 1.807) is 41.1 Å². The SMILES string of the molecule is COc1ccc(N=CNc2ccc(OC)cc2)cc1.COc1ccc(N=CNc2ccc(OC)cc2)cc1. The number of hydrogen-bond acceptors (Lipinski definition) is 6. The summed E-state index contributed by atoms with van der Waals surface area (Å²) in [6.07, 6.45) is 3.31. The lowest BCUT2D eigenvalue weighted by Gasteiger charge is -2.02. The van der Waals surface area contributed by atoms with E-state index in [2.05, 4.69) is 20.6 Å². The molecular weight excluding hydrogens is 480 g/mol. The summed E-state index contributed by atoms with van der Waals surface area (Å²) in [5, 5.41) is 6.19. The van der Waals surface area contributed by atoms with E-state index >= 15 is 0 Å². The number of nitrogens with zero attached hydrogens (tertiary/aromatic N) is 2. The van der Waals surface area contributed by atoms with Gasteiger partial charge in [-0.3, -0.25) is 0 Å². The third-order valence-corrected chi connectivity index (χ3v) is 5.21. The van der Waals surface area contributed by atoms with Gasteiger partial charge in [-0.15, -0.1) is 0 Å². The van der Waals surface area contributed by atoms with E-state index in [0.29, 0.717) is 0 Å². The predicted octanol–water partition coefficient (Wildman–Crippen LogP) is 6.95. The molecule has 0 amide bonds. The second-order valence-electron chi connectivity index (χ2n) is 7.66. The van der Waals surface area contributed by atoms with Gasteiger partial charge in [0.2, 0.25) is 0 Å². The lowest BCUT2D eigenvalue weighted by Crippen LogP contribution is -1.94. The molecule has 0 aliphatic carbocycles. The van der Waals surface area contributed by atoms with Gasteiger partial charge in [0.1, 0.15) is 23.0 Å². The molecule has 8 heteroatoms. The van der Waals surface area contributed by atoms with Crippen molar-refractivity contribution in [3.8, 4) is 23.0 Å². The Bertz CT molecular complexity index is 1170. The molecule has 2 N–H and O–H groups in total. The first-order chi connectivity index (χ1) is 18.6. The molecule has 38 heavy (non-hydrogen) atoms. The minimum atomic E-state index is 0.821. The number of nitrogens with one attached hydrogen (secondary N) is 2. The van der Waals surface area contributed by atoms with Crippen molar-refractivity contribution in [3.05, 3.63) is 97.1 Å². The maximum absolute atomic E-state index is 5.09. The van der Waals surface area contributed by atoms with Gasteiger partial charge in [0.25, 0.3) is 0 Å². The Morgan fingerprint density at radius 3 is 0.947 bits per heavy atom. The molecule has 0 aliphatic rings. The van der Waals surface area contributed by atoms with E-state index in [0.717, 1.165) is 45.7 Å². The highest BCUT2D eigenvalue weighted by atomic mass is 16.5. The van der Waals surface area contributed by atoms with Crippen LogP contribution in [0.4, 0.5) is 22.7 Å². The Morgan fingerprint density at radius 2 is 0.684 bits per heavy atom. The fourth-order valence-electron chi connectivity index (χ4n) is 3.07. The maximum Gasteiger partial charge on any atom is 0.119 e. The quantitative estimate of drug-likeness (QED) is 0.177. The van der Waals surface area contributed by atoms with Crippen LogP contribution in [0.15, 0.2) is 107 Å². The standard InChI is InChI=1S/2C15H16N2O2/c2*1-18-14-7-3-12(4-8-14)16-11-17-13-5-9-15(19-2)10-6-13/h2*3-11H,1-2H3,(H,16,17). The molecule has 0 saturated heterocycles. The van der Waals surface area contributed by atoms with Gasteiger partial charge in [-0.25, -0.2) is 9.98 Å². The fourth-order valence-corrected chi connectivity index (χ4v) is 3.07. The van der Waals surface area contributed by atoms with Crippen LogP contribution in [0.1, 0.15) is 0 Å². The Kier molecular flexibility index (Phi) is 11.0. The molecule has 0 unspecified atom stereocenters. The smallest absolute Gasteiger partial charge is 0.119 e. The van der Waals surface area contributed by atoms with Crippen molar-refractivity contribution in [1.29, 1.82) is 0 Å². The summed E-state index contributed by atoms with van der Waals surface area (Å²) in [5.74, 6) is 3.31. The number of anilines is 2. The van der Waals surface area contributed by atoms with Crippen LogP contribution in [0.25, 0.3) is 0 Å². The highest BCUT2D eigenvalue weighted by Crippen LogP contribution is 2.19. The Morgan fingerprint density at radius 1 is 0.421 bits per heavy atom. The van der Waals surface area contributed by atoms with Gasteiger partial charge in [0, 0.05) is 11.4 Å². The predicted molar refractivity (Wildman–Crippen MR) is 156 cm³/mol. The Hall–Kier alpha value is -4.98. The number of hydrogen-bond donors (Lipinski definition) is 2. The largest absolute Gasteiger partial charge is 0.497 e. The van der Waals surface area contributed by atoms with Gasteiger partial charge >= 0.3 is 0 Å². The summed E-state index contributed by atoms with van der Waals surface area (Å²) in [7, 11) is 6.58. The first-order valence-corrected chi connectivity index (χ1v) is 11.8. The van der Waals surface area contributed by atoms with Gasteiger partial charge in [0.15, 0.2) is 0 Å². The molecule has 0 aliphatic heterocycles. The highest BCUT2D eigenvalue weighted by molar-refractivity contribution is 5.78. The van der Waals surface area contributed by atoms with E-state index in [-0.39, 0.29) is 0 Å². The van der Waals surface area contributed by atoms with Crippen molar-refractivity contribution < 1.29 is 18.9 Å². The molecule has 4 rings (SSSR count). The number of ether oxygens (including phenoxy) is 4. The van der Waals surface area contributed by atoms with Gasteiger partial charge in [-0.05, 0) is 97.1 Å². The normalized spacial score (nSPS) is 10.4. The van der Waals surface area contributed by atoms with Gasteiger partial charge in [-0.1, -0.05) is 0 Å². The van der Waals surface area contributed by atoms with Crippen molar-refractivity contribution in [3.63, 3.8) is 0 Å². The van der Waals surface area contributed by atoms with Crippen LogP contribution >= 0.6 is 0 Å². The Labute approximate surface area is 223 Å². The zero-order valence-corrected chi connectivity index (χ0v) is 21.9. The molecule has 0 bridgehead atoms. The van der Waals surface area contributed by atoms with E-state index in [4.69, 9.17) is 18.9 Å². The molecule has 0 spiro atoms. The molecule has 0 aromatic heterocycles. The summed E-state index contributed by atoms with van der Waals surface area (Å²) in [6.45, 7) is 0. The molecule has 4 aromatic carbocycles. The van der Waals surface area contributed by atoms with Crippen LogP contribution in [-0.4, -0.2) is 41.1 Å². The van der Waals surface area contributed by atoms with Crippen LogP contribution in [0.2, 0.25) is 0 Å². The van der Waals surface area contributed by atoms with Gasteiger partial charge in [0.05, 0.1) is 52.5 Å². The van der Waals surface area contributed by atoms with Crippen LogP contribution in [0.3, 0.4) is 0 Å². The van der Waals surface area contributed by atoms with E-state index in [1.807, 2.05) is 97.1 Å². The van der Waals surface area contributed by atoms with Gasteiger partial charge < -0.3 is 29.6 Å². The molecule has 0 atom stereocenters. The zero-order valence-electron chi connectivity index (χ0n) is 21.9. The molecule has 0 heterocycles. The van der Waals surface area contributed by atoms with Crippen LogP contribution in [0.5, 0.6) is 23.0 Å². The third-order valence-electron chi connectivity index (χ3n) is 5.21. The summed E-state index contributed by atoms with van der Waals surface area (Å²) in [6, 6.07) is 30.4. The molecule has 0 radical (unpaired) electrons. The summed E-state index contributed by atoms with van der Waals surface area (Å²) >= 11 is 0. The van der Waals surface area contributed by atoms with Crippen molar-refractivity contribution in [1.82, 2.24) is 0 Å². The number of benzene rings is 4. The van der Waals surface area contributed by atoms with Crippen molar-refractivity contribution in [2.24, 2.45) is 9.98 Å². The van der Waals surface area contributed by atoms with Gasteiger partial charge in [-0.2, -0.15) is 0 Å². The first kappa shape index (κ1) is 27.6. The maximum atomic E-state index is 5.09. The third kappa shape index (κ3) is 9.23. The van der Waals surface area contributed by atoms with E-state index in [1.165, 1.54) is 0 Å². The second kappa shape index (κ2) is 15.2. The topological polar surface area (TPSA) is 85.7 Å². The fraction of sp³-hybridized carbons (Fsp3) is 0.133. The second-order valence-corrected chi connectivity index (χ2v) is 7.66. The molecule has 0 saturated carbocycles. The lowest BCUT2D eigenvalue weighted by molar-refractivity contribution is 0.415. The molecular formula is C30H32N4O4. The molecule has 8 nitrogen and oxygen atoms in total. The number of aliphatic imine (C=N–C) groups is 2. The van der Waals surface area contributed by atoms with Crippen molar-refractivity contribution >= 4 is 35.4 Å². The number of rotatable bonds is 10. The van der Waals surface area contributed by atoms with Crippen LogP contribution < -0.4 is 29.6 Å². The molecule has 196 valence electrons. The van der Waals surface area contributed by atoms with Crippen molar-refractivity contribution in [2.45, 2.75) is 0 Å². The Balaban J connectivity index is 0.000000211. The van der Waals surface area contributed by atoms with Crippen LogP contribution in [-0.2, 0) is 0 Å². The zero-order chi connectivity index (χ0) is 27.0. The monoisotopic (exact) mass is 512 g/mol. The summed E-state index contributed by atoms with van der Waals surface area (Å²) in [5.41, 5.74) is 3.64.